The van der Waals surface area contributed by atoms with E-state index >= 15 is 0 Å². The van der Waals surface area contributed by atoms with Gasteiger partial charge in [0.25, 0.3) is 0 Å². The molecule has 9 nitrogen and oxygen atoms in total. The molecule has 0 saturated heterocycles. The molecule has 2 aromatic rings. The highest BCUT2D eigenvalue weighted by Gasteiger charge is 2.17. The first-order valence-corrected chi connectivity index (χ1v) is 11.7. The summed E-state index contributed by atoms with van der Waals surface area (Å²) < 4.78 is 5.51. The number of nitrogens with zero attached hydrogens (tertiary/aromatic N) is 3. The third-order valence-corrected chi connectivity index (χ3v) is 5.33. The molecule has 0 aliphatic carbocycles. The van der Waals surface area contributed by atoms with Crippen molar-refractivity contribution < 1.29 is 14.9 Å². The van der Waals surface area contributed by atoms with E-state index in [9.17, 15) is 5.11 Å². The Morgan fingerprint density at radius 3 is 2.38 bits per heavy atom. The lowest BCUT2D eigenvalue weighted by Crippen LogP contribution is -2.25. The van der Waals surface area contributed by atoms with Crippen LogP contribution in [0.1, 0.15) is 61.9 Å². The molecule has 0 saturated carbocycles. The lowest BCUT2D eigenvalue weighted by Gasteiger charge is -2.20. The molecule has 9 heteroatoms. The number of anilines is 2. The zero-order valence-corrected chi connectivity index (χ0v) is 20.8. The number of hydrogen-bond acceptors (Lipinski definition) is 9. The predicted octanol–water partition coefficient (Wildman–Crippen LogP) is 2.71. The minimum absolute atomic E-state index is 0.00463. The molecule has 0 aliphatic heterocycles. The first-order chi connectivity index (χ1) is 16.3. The van der Waals surface area contributed by atoms with Crippen LogP contribution in [-0.2, 0) is 12.8 Å². The number of aryl methyl sites for hydroxylation is 1. The van der Waals surface area contributed by atoms with Gasteiger partial charge < -0.3 is 31.7 Å². The number of aromatic nitrogens is 2. The third kappa shape index (κ3) is 9.51. The topological polar surface area (TPSA) is 163 Å². The summed E-state index contributed by atoms with van der Waals surface area (Å²) >= 11 is 0. The molecule has 7 N–H and O–H groups in total. The van der Waals surface area contributed by atoms with E-state index in [2.05, 4.69) is 35.2 Å². The van der Waals surface area contributed by atoms with Gasteiger partial charge in [-0.3, -0.25) is 0 Å². The van der Waals surface area contributed by atoms with Crippen LogP contribution in [0.4, 0.5) is 11.8 Å². The first kappa shape index (κ1) is 29.1. The van der Waals surface area contributed by atoms with Crippen molar-refractivity contribution in [2.24, 2.45) is 5.73 Å². The van der Waals surface area contributed by atoms with Gasteiger partial charge in [0.05, 0.1) is 38.9 Å². The second-order valence-electron chi connectivity index (χ2n) is 8.20. The fourth-order valence-electron chi connectivity index (χ4n) is 3.49. The number of aliphatic hydroxyl groups is 2. The Hall–Kier alpha value is -2.93. The van der Waals surface area contributed by atoms with Gasteiger partial charge in [0, 0.05) is 23.7 Å². The third-order valence-electron chi connectivity index (χ3n) is 5.33. The van der Waals surface area contributed by atoms with Gasteiger partial charge in [0.1, 0.15) is 11.6 Å². The molecule has 1 heterocycles. The summed E-state index contributed by atoms with van der Waals surface area (Å²) in [5.74, 6) is 1.55. The van der Waals surface area contributed by atoms with Crippen molar-refractivity contribution in [3.05, 3.63) is 40.6 Å². The Morgan fingerprint density at radius 1 is 1.15 bits per heavy atom. The second kappa shape index (κ2) is 15.8. The fraction of sp³-hybridized carbons (Fsp3) is 0.560. The lowest BCUT2D eigenvalue weighted by molar-refractivity contribution is 0.259. The van der Waals surface area contributed by atoms with Crippen molar-refractivity contribution >= 4 is 11.8 Å². The van der Waals surface area contributed by atoms with Gasteiger partial charge in [-0.1, -0.05) is 38.8 Å². The lowest BCUT2D eigenvalue weighted by atomic mass is 10.0. The summed E-state index contributed by atoms with van der Waals surface area (Å²) in [5, 5.41) is 30.2. The van der Waals surface area contributed by atoms with E-state index < -0.39 is 0 Å². The highest BCUT2D eigenvalue weighted by Crippen LogP contribution is 2.28. The Balaban J connectivity index is 0.000000718. The number of nitrogen functional groups attached to an aromatic ring is 1. The monoisotopic (exact) mass is 472 g/mol. The molecule has 0 amide bonds. The summed E-state index contributed by atoms with van der Waals surface area (Å²) in [6.45, 7) is 6.15. The molecular weight excluding hydrogens is 432 g/mol. The number of aliphatic hydroxyl groups excluding tert-OH is 2. The van der Waals surface area contributed by atoms with E-state index in [-0.39, 0.29) is 31.2 Å². The van der Waals surface area contributed by atoms with Crippen LogP contribution >= 0.6 is 0 Å². The average Bonchev–Trinajstić information content (AvgIpc) is 2.82. The molecule has 2 rings (SSSR count). The molecule has 0 fully saturated rings. The van der Waals surface area contributed by atoms with Gasteiger partial charge in [0.2, 0.25) is 5.95 Å². The van der Waals surface area contributed by atoms with Gasteiger partial charge in [-0.2, -0.15) is 10.2 Å². The molecular formula is C25H40N6O3. The Morgan fingerprint density at radius 2 is 1.85 bits per heavy atom. The predicted molar refractivity (Wildman–Crippen MR) is 136 cm³/mol. The summed E-state index contributed by atoms with van der Waals surface area (Å²) in [6, 6.07) is 7.82. The Labute approximate surface area is 203 Å². The van der Waals surface area contributed by atoms with Gasteiger partial charge in [0.15, 0.2) is 0 Å². The minimum atomic E-state index is -0.0950. The summed E-state index contributed by atoms with van der Waals surface area (Å²) in [4.78, 5) is 8.66. The number of nitrogens with two attached hydrogens (primary N) is 2. The molecule has 2 atom stereocenters. The largest absolute Gasteiger partial charge is 0.496 e. The first-order valence-electron chi connectivity index (χ1n) is 11.7. The van der Waals surface area contributed by atoms with Crippen molar-refractivity contribution in [2.75, 3.05) is 31.4 Å². The van der Waals surface area contributed by atoms with Crippen LogP contribution in [0.15, 0.2) is 18.2 Å². The number of rotatable bonds is 12. The van der Waals surface area contributed by atoms with E-state index in [1.807, 2.05) is 25.1 Å². The van der Waals surface area contributed by atoms with Gasteiger partial charge in [-0.05, 0) is 37.0 Å². The normalized spacial score (nSPS) is 12.2. The maximum atomic E-state index is 9.62. The molecule has 0 aliphatic rings. The molecule has 0 radical (unpaired) electrons. The number of methoxy groups -OCH3 is 1. The van der Waals surface area contributed by atoms with Crippen molar-refractivity contribution in [3.63, 3.8) is 0 Å². The molecule has 188 valence electrons. The maximum absolute atomic E-state index is 9.62. The van der Waals surface area contributed by atoms with Gasteiger partial charge in [-0.15, -0.1) is 0 Å². The van der Waals surface area contributed by atoms with Crippen LogP contribution in [0.2, 0.25) is 0 Å². The molecule has 0 unspecified atom stereocenters. The van der Waals surface area contributed by atoms with E-state index in [0.717, 1.165) is 53.8 Å². The number of nitrogens with one attached hydrogen (secondary N) is 1. The van der Waals surface area contributed by atoms with E-state index in [4.69, 9.17) is 26.6 Å². The SMILES string of the molecule is CCC[C@@H](CO)Nc1nc(N)nc(C)c1Cc1ccc(CC#N)cc1OC.CCC[C@H](N)CO. The van der Waals surface area contributed by atoms with Crippen LogP contribution in [-0.4, -0.2) is 52.6 Å². The number of benzene rings is 1. The van der Waals surface area contributed by atoms with Crippen molar-refractivity contribution in [1.82, 2.24) is 9.97 Å². The van der Waals surface area contributed by atoms with Crippen LogP contribution in [0.3, 0.4) is 0 Å². The van der Waals surface area contributed by atoms with Crippen LogP contribution in [0.5, 0.6) is 5.75 Å². The van der Waals surface area contributed by atoms with Crippen molar-refractivity contribution in [1.29, 1.82) is 5.26 Å². The molecule has 0 bridgehead atoms. The highest BCUT2D eigenvalue weighted by molar-refractivity contribution is 5.54. The highest BCUT2D eigenvalue weighted by atomic mass is 16.5. The Kier molecular flexibility index (Phi) is 13.5. The average molecular weight is 473 g/mol. The van der Waals surface area contributed by atoms with Crippen LogP contribution in [0.25, 0.3) is 0 Å². The summed E-state index contributed by atoms with van der Waals surface area (Å²) in [5.41, 5.74) is 14.7. The Bertz CT molecular complexity index is 916. The zero-order valence-electron chi connectivity index (χ0n) is 20.8. The smallest absolute Gasteiger partial charge is 0.222 e. The summed E-state index contributed by atoms with van der Waals surface area (Å²) in [7, 11) is 1.61. The molecule has 34 heavy (non-hydrogen) atoms. The minimum Gasteiger partial charge on any atom is -0.496 e. The van der Waals surface area contributed by atoms with E-state index in [1.165, 1.54) is 0 Å². The molecule has 1 aromatic carbocycles. The van der Waals surface area contributed by atoms with Gasteiger partial charge >= 0.3 is 0 Å². The summed E-state index contributed by atoms with van der Waals surface area (Å²) in [6.07, 6.45) is 4.64. The van der Waals surface area contributed by atoms with Crippen molar-refractivity contribution in [3.8, 4) is 11.8 Å². The molecule has 1 aromatic heterocycles. The quantitative estimate of drug-likeness (QED) is 0.312. The number of hydrogen-bond donors (Lipinski definition) is 5. The van der Waals surface area contributed by atoms with E-state index in [1.54, 1.807) is 7.11 Å². The van der Waals surface area contributed by atoms with Gasteiger partial charge in [-0.25, -0.2) is 4.98 Å². The van der Waals surface area contributed by atoms with Crippen molar-refractivity contribution in [2.45, 2.75) is 71.4 Å². The number of ether oxygens (including phenoxy) is 1. The molecule has 0 spiro atoms. The van der Waals surface area contributed by atoms with E-state index in [0.29, 0.717) is 18.7 Å². The number of nitriles is 1. The second-order valence-corrected chi connectivity index (χ2v) is 8.20. The van der Waals surface area contributed by atoms with Crippen LogP contribution < -0.4 is 21.5 Å². The zero-order chi connectivity index (χ0) is 25.5. The van der Waals surface area contributed by atoms with Crippen LogP contribution in [0, 0.1) is 18.3 Å². The standard InChI is InChI=1S/C20H27N5O2.C5H13NO/c1-4-5-16(12-26)24-19-17(13(2)23-20(22)25-19)11-15-7-6-14(8-9-21)10-18(15)27-3;1-2-3-5(6)4-7/h6-7,10,16,26H,4-5,8,11-12H2,1-3H3,(H3,22,23,24,25);5,7H,2-4,6H2,1H3/t16-;5-/m00/s1. The maximum Gasteiger partial charge on any atom is 0.222 e. The fourth-order valence-corrected chi connectivity index (χ4v) is 3.49.